The van der Waals surface area contributed by atoms with E-state index in [-0.39, 0.29) is 22.2 Å². The lowest BCUT2D eigenvalue weighted by atomic mass is 10.1. The molecule has 1 fully saturated rings. The summed E-state index contributed by atoms with van der Waals surface area (Å²) in [5.41, 5.74) is 1.25. The fraction of sp³-hybridized carbons (Fsp3) is 0.235. The molecule has 0 spiro atoms. The zero-order valence-electron chi connectivity index (χ0n) is 12.8. The lowest BCUT2D eigenvalue weighted by Crippen LogP contribution is -2.26. The first-order chi connectivity index (χ1) is 11.4. The van der Waals surface area contributed by atoms with Crippen LogP contribution in [0.25, 0.3) is 0 Å². The van der Waals surface area contributed by atoms with Crippen LogP contribution in [0.1, 0.15) is 18.4 Å². The normalized spacial score (nSPS) is 14.2. The van der Waals surface area contributed by atoms with E-state index in [9.17, 15) is 13.2 Å². The number of carbonyl (C=O) groups excluding carboxylic acids is 1. The summed E-state index contributed by atoms with van der Waals surface area (Å²) >= 11 is 5.94. The van der Waals surface area contributed by atoms with Crippen LogP contribution in [0.4, 0.5) is 5.69 Å². The van der Waals surface area contributed by atoms with Crippen molar-refractivity contribution >= 4 is 33.2 Å². The molecule has 24 heavy (non-hydrogen) atoms. The van der Waals surface area contributed by atoms with Crippen molar-refractivity contribution in [1.29, 1.82) is 0 Å². The van der Waals surface area contributed by atoms with Crippen LogP contribution in [0.2, 0.25) is 5.02 Å². The summed E-state index contributed by atoms with van der Waals surface area (Å²) < 4.78 is 27.2. The Morgan fingerprint density at radius 3 is 2.38 bits per heavy atom. The minimum atomic E-state index is -3.75. The van der Waals surface area contributed by atoms with Crippen molar-refractivity contribution in [2.75, 3.05) is 4.72 Å². The van der Waals surface area contributed by atoms with Gasteiger partial charge >= 0.3 is 0 Å². The van der Waals surface area contributed by atoms with Gasteiger partial charge in [0, 0.05) is 11.7 Å². The average molecular weight is 365 g/mol. The van der Waals surface area contributed by atoms with Gasteiger partial charge in [-0.25, -0.2) is 8.42 Å². The average Bonchev–Trinajstić information content (AvgIpc) is 3.33. The maximum absolute atomic E-state index is 12.4. The molecule has 7 heteroatoms. The second kappa shape index (κ2) is 6.83. The number of anilines is 1. The molecule has 0 bridgehead atoms. The van der Waals surface area contributed by atoms with Gasteiger partial charge in [-0.05, 0) is 42.7 Å². The maximum Gasteiger partial charge on any atom is 0.263 e. The van der Waals surface area contributed by atoms with Crippen LogP contribution in [0.3, 0.4) is 0 Å². The number of carbonyl (C=O) groups is 1. The fourth-order valence-electron chi connectivity index (χ4n) is 2.26. The summed E-state index contributed by atoms with van der Waals surface area (Å²) in [5.74, 6) is -0.0121. The molecule has 1 aliphatic carbocycles. The van der Waals surface area contributed by atoms with E-state index >= 15 is 0 Å². The van der Waals surface area contributed by atoms with E-state index in [1.165, 1.54) is 12.1 Å². The van der Waals surface area contributed by atoms with E-state index in [0.717, 1.165) is 18.4 Å². The molecule has 126 valence electrons. The third kappa shape index (κ3) is 4.27. The number of hydrogen-bond acceptors (Lipinski definition) is 3. The Kier molecular flexibility index (Phi) is 4.78. The molecule has 0 unspecified atom stereocenters. The molecular weight excluding hydrogens is 348 g/mol. The number of hydrogen-bond donors (Lipinski definition) is 2. The molecule has 1 amide bonds. The SMILES string of the molecule is O=C(Cc1ccc(NS(=O)(=O)c2ccccc2Cl)cc1)NC1CC1. The first-order valence-corrected chi connectivity index (χ1v) is 9.46. The van der Waals surface area contributed by atoms with Crippen molar-refractivity contribution in [2.24, 2.45) is 0 Å². The monoisotopic (exact) mass is 364 g/mol. The summed E-state index contributed by atoms with van der Waals surface area (Å²) in [6.45, 7) is 0. The van der Waals surface area contributed by atoms with Gasteiger partial charge in [-0.2, -0.15) is 0 Å². The van der Waals surface area contributed by atoms with Crippen molar-refractivity contribution < 1.29 is 13.2 Å². The van der Waals surface area contributed by atoms with Gasteiger partial charge in [0.05, 0.1) is 11.4 Å². The molecular formula is C17H17ClN2O3S. The summed E-state index contributed by atoms with van der Waals surface area (Å²) in [6, 6.07) is 13.3. The Hall–Kier alpha value is -2.05. The van der Waals surface area contributed by atoms with E-state index < -0.39 is 10.0 Å². The zero-order valence-corrected chi connectivity index (χ0v) is 14.4. The van der Waals surface area contributed by atoms with Crippen LogP contribution in [0, 0.1) is 0 Å². The third-order valence-corrected chi connectivity index (χ3v) is 5.52. The largest absolute Gasteiger partial charge is 0.353 e. The predicted molar refractivity (Wildman–Crippen MR) is 93.6 cm³/mol. The van der Waals surface area contributed by atoms with Crippen molar-refractivity contribution in [3.05, 3.63) is 59.1 Å². The highest BCUT2D eigenvalue weighted by Crippen LogP contribution is 2.23. The van der Waals surface area contributed by atoms with Crippen molar-refractivity contribution in [3.63, 3.8) is 0 Å². The summed E-state index contributed by atoms with van der Waals surface area (Å²) in [4.78, 5) is 11.8. The number of amides is 1. The molecule has 0 radical (unpaired) electrons. The molecule has 0 atom stereocenters. The standard InChI is InChI=1S/C17H17ClN2O3S/c18-15-3-1-2-4-16(15)24(22,23)20-14-7-5-12(6-8-14)11-17(21)19-13-9-10-13/h1-8,13,20H,9-11H2,(H,19,21). The number of rotatable bonds is 6. The van der Waals surface area contributed by atoms with Crippen molar-refractivity contribution in [2.45, 2.75) is 30.2 Å². The Labute approximate surface area is 146 Å². The number of nitrogens with one attached hydrogen (secondary N) is 2. The maximum atomic E-state index is 12.4. The predicted octanol–water partition coefficient (Wildman–Crippen LogP) is 2.96. The third-order valence-electron chi connectivity index (χ3n) is 3.64. The van der Waals surface area contributed by atoms with Gasteiger partial charge in [0.1, 0.15) is 4.90 Å². The van der Waals surface area contributed by atoms with E-state index in [2.05, 4.69) is 10.0 Å². The minimum Gasteiger partial charge on any atom is -0.353 e. The highest BCUT2D eigenvalue weighted by Gasteiger charge is 2.23. The van der Waals surface area contributed by atoms with Gasteiger partial charge in [-0.15, -0.1) is 0 Å². The first kappa shape index (κ1) is 16.8. The molecule has 2 aromatic rings. The number of benzene rings is 2. The van der Waals surface area contributed by atoms with Crippen LogP contribution >= 0.6 is 11.6 Å². The molecule has 2 aromatic carbocycles. The number of sulfonamides is 1. The molecule has 0 aromatic heterocycles. The van der Waals surface area contributed by atoms with Crippen LogP contribution in [-0.4, -0.2) is 20.4 Å². The second-order valence-corrected chi connectivity index (χ2v) is 7.81. The lowest BCUT2D eigenvalue weighted by molar-refractivity contribution is -0.120. The molecule has 5 nitrogen and oxygen atoms in total. The first-order valence-electron chi connectivity index (χ1n) is 7.60. The summed E-state index contributed by atoms with van der Waals surface area (Å²) in [6.07, 6.45) is 2.39. The van der Waals surface area contributed by atoms with Gasteiger partial charge < -0.3 is 5.32 Å². The van der Waals surface area contributed by atoms with Crippen LogP contribution in [0.15, 0.2) is 53.4 Å². The van der Waals surface area contributed by atoms with Gasteiger partial charge in [0.25, 0.3) is 10.0 Å². The van der Waals surface area contributed by atoms with Gasteiger partial charge in [0.2, 0.25) is 5.91 Å². The van der Waals surface area contributed by atoms with Gasteiger partial charge in [-0.1, -0.05) is 35.9 Å². The summed E-state index contributed by atoms with van der Waals surface area (Å²) in [5, 5.41) is 3.08. The molecule has 3 rings (SSSR count). The van der Waals surface area contributed by atoms with Crippen LogP contribution < -0.4 is 10.0 Å². The molecule has 1 aliphatic rings. The van der Waals surface area contributed by atoms with E-state index in [0.29, 0.717) is 11.7 Å². The smallest absolute Gasteiger partial charge is 0.263 e. The Morgan fingerprint density at radius 2 is 1.75 bits per heavy atom. The Bertz CT molecular complexity index is 846. The van der Waals surface area contributed by atoms with E-state index in [1.54, 1.807) is 36.4 Å². The number of halogens is 1. The van der Waals surface area contributed by atoms with E-state index in [1.807, 2.05) is 0 Å². The molecule has 0 aliphatic heterocycles. The molecule has 0 saturated heterocycles. The topological polar surface area (TPSA) is 75.3 Å². The van der Waals surface area contributed by atoms with Crippen LogP contribution in [-0.2, 0) is 21.2 Å². The fourth-order valence-corrected chi connectivity index (χ4v) is 3.83. The Morgan fingerprint density at radius 1 is 1.08 bits per heavy atom. The highest BCUT2D eigenvalue weighted by atomic mass is 35.5. The molecule has 2 N–H and O–H groups in total. The summed E-state index contributed by atoms with van der Waals surface area (Å²) in [7, 11) is -3.75. The quantitative estimate of drug-likeness (QED) is 0.827. The highest BCUT2D eigenvalue weighted by molar-refractivity contribution is 7.92. The molecule has 0 heterocycles. The molecule has 1 saturated carbocycles. The van der Waals surface area contributed by atoms with Crippen molar-refractivity contribution in [3.8, 4) is 0 Å². The van der Waals surface area contributed by atoms with Gasteiger partial charge in [-0.3, -0.25) is 9.52 Å². The lowest BCUT2D eigenvalue weighted by Gasteiger charge is -2.10. The zero-order chi connectivity index (χ0) is 17.2. The van der Waals surface area contributed by atoms with E-state index in [4.69, 9.17) is 11.6 Å². The Balaban J connectivity index is 1.67. The second-order valence-electron chi connectivity index (χ2n) is 5.75. The van der Waals surface area contributed by atoms with Crippen LogP contribution in [0.5, 0.6) is 0 Å². The van der Waals surface area contributed by atoms with Crippen molar-refractivity contribution in [1.82, 2.24) is 5.32 Å². The van der Waals surface area contributed by atoms with Gasteiger partial charge in [0.15, 0.2) is 0 Å². The minimum absolute atomic E-state index is 0.0121.